The number of hydrogen-bond donors (Lipinski definition) is 0. The standard InChI is InChI=1S/C21H14F6O2/c1-13-10-16(14-2-6-18(7-3-14)28-20(22,23)24)12-17(11-13)15-4-8-19(9-5-15)29-21(25,26)27/h2-12H,1H3. The second kappa shape index (κ2) is 7.69. The topological polar surface area (TPSA) is 18.5 Å². The van der Waals surface area contributed by atoms with Gasteiger partial charge in [-0.2, -0.15) is 0 Å². The number of benzene rings is 3. The molecule has 0 saturated heterocycles. The molecule has 0 heterocycles. The minimum absolute atomic E-state index is 0.325. The molecule has 3 rings (SSSR count). The first-order valence-corrected chi connectivity index (χ1v) is 8.33. The van der Waals surface area contributed by atoms with Crippen LogP contribution < -0.4 is 9.47 Å². The van der Waals surface area contributed by atoms with Crippen LogP contribution >= 0.6 is 0 Å². The van der Waals surface area contributed by atoms with Gasteiger partial charge in [0.2, 0.25) is 0 Å². The first kappa shape index (κ1) is 20.6. The molecule has 29 heavy (non-hydrogen) atoms. The molecular weight excluding hydrogens is 398 g/mol. The second-order valence-electron chi connectivity index (χ2n) is 6.23. The monoisotopic (exact) mass is 412 g/mol. The quantitative estimate of drug-likeness (QED) is 0.425. The van der Waals surface area contributed by atoms with Crippen LogP contribution in [0, 0.1) is 6.92 Å². The fourth-order valence-corrected chi connectivity index (χ4v) is 2.81. The fourth-order valence-electron chi connectivity index (χ4n) is 2.81. The summed E-state index contributed by atoms with van der Waals surface area (Å²) in [6, 6.07) is 16.4. The van der Waals surface area contributed by atoms with Crippen molar-refractivity contribution in [1.29, 1.82) is 0 Å². The molecule has 0 aliphatic carbocycles. The minimum Gasteiger partial charge on any atom is -0.406 e. The molecule has 8 heteroatoms. The minimum atomic E-state index is -4.76. The third kappa shape index (κ3) is 5.91. The molecule has 3 aromatic carbocycles. The number of aryl methyl sites for hydroxylation is 1. The van der Waals surface area contributed by atoms with Crippen LogP contribution in [0.5, 0.6) is 11.5 Å². The van der Waals surface area contributed by atoms with Gasteiger partial charge >= 0.3 is 12.7 Å². The van der Waals surface area contributed by atoms with Crippen LogP contribution in [-0.4, -0.2) is 12.7 Å². The van der Waals surface area contributed by atoms with Crippen LogP contribution in [0.2, 0.25) is 0 Å². The van der Waals surface area contributed by atoms with Crippen molar-refractivity contribution in [2.75, 3.05) is 0 Å². The molecule has 0 atom stereocenters. The van der Waals surface area contributed by atoms with Crippen molar-refractivity contribution < 1.29 is 35.8 Å². The highest BCUT2D eigenvalue weighted by molar-refractivity contribution is 5.74. The molecule has 0 bridgehead atoms. The summed E-state index contributed by atoms with van der Waals surface area (Å²) in [5, 5.41) is 0. The maximum atomic E-state index is 12.3. The number of alkyl halides is 6. The van der Waals surface area contributed by atoms with Gasteiger partial charge in [-0.25, -0.2) is 0 Å². The highest BCUT2D eigenvalue weighted by Gasteiger charge is 2.31. The first-order valence-electron chi connectivity index (χ1n) is 8.33. The SMILES string of the molecule is Cc1cc(-c2ccc(OC(F)(F)F)cc2)cc(-c2ccc(OC(F)(F)F)cc2)c1. The highest BCUT2D eigenvalue weighted by atomic mass is 19.4. The van der Waals surface area contributed by atoms with E-state index < -0.39 is 12.7 Å². The van der Waals surface area contributed by atoms with Gasteiger partial charge in [-0.1, -0.05) is 36.4 Å². The molecule has 0 fully saturated rings. The summed E-state index contributed by atoms with van der Waals surface area (Å²) in [5.41, 5.74) is 3.70. The number of halogens is 6. The molecule has 0 saturated carbocycles. The van der Waals surface area contributed by atoms with Crippen molar-refractivity contribution in [1.82, 2.24) is 0 Å². The lowest BCUT2D eigenvalue weighted by Crippen LogP contribution is -2.16. The molecule has 0 aliphatic heterocycles. The lowest BCUT2D eigenvalue weighted by Gasteiger charge is -2.12. The van der Waals surface area contributed by atoms with Gasteiger partial charge in [-0.3, -0.25) is 0 Å². The Hall–Kier alpha value is -3.16. The Morgan fingerprint density at radius 2 is 0.862 bits per heavy atom. The summed E-state index contributed by atoms with van der Waals surface area (Å²) in [6.45, 7) is 1.84. The number of ether oxygens (including phenoxy) is 2. The smallest absolute Gasteiger partial charge is 0.406 e. The van der Waals surface area contributed by atoms with E-state index in [1.807, 2.05) is 19.1 Å². The molecule has 0 aromatic heterocycles. The number of rotatable bonds is 4. The van der Waals surface area contributed by atoms with E-state index in [9.17, 15) is 26.3 Å². The van der Waals surface area contributed by atoms with E-state index >= 15 is 0 Å². The Balaban J connectivity index is 1.86. The van der Waals surface area contributed by atoms with Gasteiger partial charge in [0.05, 0.1) is 0 Å². The normalized spacial score (nSPS) is 12.0. The molecule has 0 radical (unpaired) electrons. The highest BCUT2D eigenvalue weighted by Crippen LogP contribution is 2.32. The lowest BCUT2D eigenvalue weighted by molar-refractivity contribution is -0.275. The van der Waals surface area contributed by atoms with Gasteiger partial charge in [0.15, 0.2) is 0 Å². The van der Waals surface area contributed by atoms with Gasteiger partial charge in [0.1, 0.15) is 11.5 Å². The molecule has 0 N–H and O–H groups in total. The zero-order valence-corrected chi connectivity index (χ0v) is 14.9. The molecule has 3 aromatic rings. The van der Waals surface area contributed by atoms with Crippen LogP contribution in [0.1, 0.15) is 5.56 Å². The summed E-state index contributed by atoms with van der Waals surface area (Å²) in [7, 11) is 0. The molecule has 152 valence electrons. The molecule has 0 spiro atoms. The maximum Gasteiger partial charge on any atom is 0.573 e. The van der Waals surface area contributed by atoms with Crippen LogP contribution in [-0.2, 0) is 0 Å². The lowest BCUT2D eigenvalue weighted by atomic mass is 9.96. The van der Waals surface area contributed by atoms with E-state index in [4.69, 9.17) is 0 Å². The van der Waals surface area contributed by atoms with E-state index in [1.165, 1.54) is 48.5 Å². The molecule has 2 nitrogen and oxygen atoms in total. The summed E-state index contributed by atoms with van der Waals surface area (Å²) < 4.78 is 81.4. The first-order chi connectivity index (χ1) is 13.5. The number of hydrogen-bond acceptors (Lipinski definition) is 2. The van der Waals surface area contributed by atoms with Crippen molar-refractivity contribution in [2.24, 2.45) is 0 Å². The third-order valence-electron chi connectivity index (χ3n) is 3.92. The fraction of sp³-hybridized carbons (Fsp3) is 0.143. The third-order valence-corrected chi connectivity index (χ3v) is 3.92. The van der Waals surface area contributed by atoms with Crippen LogP contribution in [0.15, 0.2) is 66.7 Å². The Morgan fingerprint density at radius 1 is 0.517 bits per heavy atom. The molecule has 0 aliphatic rings. The Kier molecular flexibility index (Phi) is 5.46. The van der Waals surface area contributed by atoms with Crippen molar-refractivity contribution in [2.45, 2.75) is 19.6 Å². The van der Waals surface area contributed by atoms with Crippen molar-refractivity contribution >= 4 is 0 Å². The summed E-state index contributed by atoms with van der Waals surface area (Å²) in [4.78, 5) is 0. The van der Waals surface area contributed by atoms with Crippen molar-refractivity contribution in [3.05, 3.63) is 72.3 Å². The van der Waals surface area contributed by atoms with E-state index in [-0.39, 0.29) is 11.5 Å². The molecule has 0 amide bonds. The van der Waals surface area contributed by atoms with E-state index in [0.29, 0.717) is 11.1 Å². The van der Waals surface area contributed by atoms with Crippen LogP contribution in [0.4, 0.5) is 26.3 Å². The Labute approximate surface area is 162 Å². The van der Waals surface area contributed by atoms with Crippen LogP contribution in [0.3, 0.4) is 0 Å². The summed E-state index contributed by atoms with van der Waals surface area (Å²) in [5.74, 6) is -0.649. The summed E-state index contributed by atoms with van der Waals surface area (Å²) in [6.07, 6.45) is -9.53. The van der Waals surface area contributed by atoms with Gasteiger partial charge < -0.3 is 9.47 Å². The largest absolute Gasteiger partial charge is 0.573 e. The predicted octanol–water partition coefficient (Wildman–Crippen LogP) is 7.13. The van der Waals surface area contributed by atoms with E-state index in [2.05, 4.69) is 9.47 Å². The van der Waals surface area contributed by atoms with Gasteiger partial charge in [0.25, 0.3) is 0 Å². The second-order valence-corrected chi connectivity index (χ2v) is 6.23. The van der Waals surface area contributed by atoms with Gasteiger partial charge in [-0.15, -0.1) is 26.3 Å². The average Bonchev–Trinajstić information content (AvgIpc) is 2.60. The van der Waals surface area contributed by atoms with Crippen molar-refractivity contribution in [3.63, 3.8) is 0 Å². The molecule has 0 unspecified atom stereocenters. The van der Waals surface area contributed by atoms with Gasteiger partial charge in [0, 0.05) is 0 Å². The average molecular weight is 412 g/mol. The molecular formula is C21H14F6O2. The van der Waals surface area contributed by atoms with Gasteiger partial charge in [-0.05, 0) is 65.1 Å². The maximum absolute atomic E-state index is 12.3. The van der Waals surface area contributed by atoms with Crippen LogP contribution in [0.25, 0.3) is 22.3 Å². The van der Waals surface area contributed by atoms with E-state index in [1.54, 1.807) is 6.07 Å². The Morgan fingerprint density at radius 3 is 1.17 bits per heavy atom. The summed E-state index contributed by atoms with van der Waals surface area (Å²) >= 11 is 0. The van der Waals surface area contributed by atoms with E-state index in [0.717, 1.165) is 16.7 Å². The Bertz CT molecular complexity index is 896. The zero-order valence-electron chi connectivity index (χ0n) is 14.9. The predicted molar refractivity (Wildman–Crippen MR) is 95.4 cm³/mol. The zero-order chi connectivity index (χ0) is 21.2. The van der Waals surface area contributed by atoms with Crippen molar-refractivity contribution in [3.8, 4) is 33.8 Å².